The highest BCUT2D eigenvalue weighted by molar-refractivity contribution is 6.31. The largest absolute Gasteiger partial charge is 0.456 e. The van der Waals surface area contributed by atoms with Crippen LogP contribution in [0.5, 0.6) is 0 Å². The van der Waals surface area contributed by atoms with Crippen LogP contribution in [-0.2, 0) is 0 Å². The summed E-state index contributed by atoms with van der Waals surface area (Å²) in [6, 6.07) is 10.4. The Labute approximate surface area is 176 Å². The van der Waals surface area contributed by atoms with Crippen molar-refractivity contribution in [3.05, 3.63) is 68.0 Å². The third kappa shape index (κ3) is 2.35. The summed E-state index contributed by atoms with van der Waals surface area (Å²) < 4.78 is 12.4. The predicted octanol–water partition coefficient (Wildman–Crippen LogP) is 5.80. The van der Waals surface area contributed by atoms with E-state index in [1.54, 1.807) is 12.1 Å². The van der Waals surface area contributed by atoms with Gasteiger partial charge in [0.05, 0.1) is 6.10 Å². The number of aliphatic hydroxyl groups is 1. The molecule has 154 valence electrons. The molecule has 6 aromatic rings. The Morgan fingerprint density at radius 2 is 1.16 bits per heavy atom. The third-order valence-electron chi connectivity index (χ3n) is 6.43. The quantitative estimate of drug-likeness (QED) is 0.293. The average Bonchev–Trinajstić information content (AvgIpc) is 2.75. The van der Waals surface area contributed by atoms with Gasteiger partial charge in [-0.1, -0.05) is 20.8 Å². The fourth-order valence-electron chi connectivity index (χ4n) is 4.78. The Morgan fingerprint density at radius 1 is 0.710 bits per heavy atom. The minimum absolute atomic E-state index is 0.130. The lowest BCUT2D eigenvalue weighted by Crippen LogP contribution is -2.07. The minimum Gasteiger partial charge on any atom is -0.456 e. The van der Waals surface area contributed by atoms with E-state index in [9.17, 15) is 14.7 Å². The molecule has 5 nitrogen and oxygen atoms in total. The van der Waals surface area contributed by atoms with E-state index in [0.29, 0.717) is 50.5 Å². The second kappa shape index (κ2) is 6.05. The van der Waals surface area contributed by atoms with Gasteiger partial charge in [-0.3, -0.25) is 9.59 Å². The maximum absolute atomic E-state index is 13.0. The maximum Gasteiger partial charge on any atom is 0.190 e. The minimum atomic E-state index is -0.704. The van der Waals surface area contributed by atoms with Crippen molar-refractivity contribution in [2.45, 2.75) is 39.2 Å². The van der Waals surface area contributed by atoms with Gasteiger partial charge in [0.25, 0.3) is 0 Å². The number of aliphatic hydroxyl groups excluding tert-OH is 1. The standard InChI is InChI=1S/C26H20O5/c1-4-16(27)13-6-15-18(29)10-21-26-24(15)20(8-13)31-22-9-17(28)14-5-12(11(2)3)7-19(30-21)23(14)25(22)26/h5-11,16,27H,4H2,1-3H3. The monoisotopic (exact) mass is 412 g/mol. The topological polar surface area (TPSA) is 80.7 Å². The van der Waals surface area contributed by atoms with Gasteiger partial charge >= 0.3 is 0 Å². The van der Waals surface area contributed by atoms with Gasteiger partial charge in [-0.2, -0.15) is 0 Å². The molecule has 0 saturated heterocycles. The second-order valence-electron chi connectivity index (χ2n) is 8.66. The van der Waals surface area contributed by atoms with Gasteiger partial charge in [0, 0.05) is 44.5 Å². The highest BCUT2D eigenvalue weighted by Gasteiger charge is 2.23. The first-order valence-corrected chi connectivity index (χ1v) is 10.5. The van der Waals surface area contributed by atoms with Gasteiger partial charge in [0.15, 0.2) is 10.9 Å². The summed E-state index contributed by atoms with van der Waals surface area (Å²) in [5.74, 6) is 0.221. The smallest absolute Gasteiger partial charge is 0.190 e. The van der Waals surface area contributed by atoms with Gasteiger partial charge in [0.2, 0.25) is 0 Å². The second-order valence-corrected chi connectivity index (χ2v) is 8.66. The Hall–Kier alpha value is -3.44. The molecule has 0 bridgehead atoms. The van der Waals surface area contributed by atoms with E-state index in [0.717, 1.165) is 21.7 Å². The zero-order valence-corrected chi connectivity index (χ0v) is 17.4. The number of hydrogen-bond acceptors (Lipinski definition) is 5. The summed E-state index contributed by atoms with van der Waals surface area (Å²) >= 11 is 0. The van der Waals surface area contributed by atoms with Crippen LogP contribution in [0.2, 0.25) is 0 Å². The number of hydrogen-bond donors (Lipinski definition) is 1. The Bertz CT molecular complexity index is 1750. The molecule has 0 fully saturated rings. The molecule has 0 amide bonds. The predicted molar refractivity (Wildman–Crippen MR) is 123 cm³/mol. The molecule has 0 spiro atoms. The normalized spacial score (nSPS) is 13.7. The van der Waals surface area contributed by atoms with Crippen LogP contribution in [0.1, 0.15) is 50.3 Å². The molecule has 1 atom stereocenters. The highest BCUT2D eigenvalue weighted by Crippen LogP contribution is 2.43. The van der Waals surface area contributed by atoms with Crippen LogP contribution in [0.25, 0.3) is 54.6 Å². The van der Waals surface area contributed by atoms with Gasteiger partial charge in [-0.05, 0) is 47.7 Å². The van der Waals surface area contributed by atoms with Crippen molar-refractivity contribution in [2.24, 2.45) is 0 Å². The van der Waals surface area contributed by atoms with E-state index < -0.39 is 6.10 Å². The Kier molecular flexibility index (Phi) is 3.58. The van der Waals surface area contributed by atoms with Crippen molar-refractivity contribution < 1.29 is 13.9 Å². The lowest BCUT2D eigenvalue weighted by atomic mass is 9.91. The summed E-state index contributed by atoms with van der Waals surface area (Å²) in [4.78, 5) is 26.0. The van der Waals surface area contributed by atoms with Crippen LogP contribution >= 0.6 is 0 Å². The van der Waals surface area contributed by atoms with Crippen molar-refractivity contribution in [1.82, 2.24) is 0 Å². The molecule has 1 unspecified atom stereocenters. The molecule has 2 heterocycles. The molecule has 0 aliphatic heterocycles. The summed E-state index contributed by atoms with van der Waals surface area (Å²) in [6.45, 7) is 6.00. The van der Waals surface area contributed by atoms with E-state index >= 15 is 0 Å². The molecule has 2 aromatic heterocycles. The third-order valence-corrected chi connectivity index (χ3v) is 6.43. The molecule has 31 heavy (non-hydrogen) atoms. The van der Waals surface area contributed by atoms with Crippen molar-refractivity contribution in [3.63, 3.8) is 0 Å². The number of benzene rings is 4. The molecular weight excluding hydrogens is 392 g/mol. The van der Waals surface area contributed by atoms with Gasteiger partial charge < -0.3 is 13.9 Å². The molecular formula is C26H20O5. The van der Waals surface area contributed by atoms with Crippen LogP contribution in [-0.4, -0.2) is 5.11 Å². The zero-order chi connectivity index (χ0) is 21.6. The van der Waals surface area contributed by atoms with Crippen LogP contribution < -0.4 is 10.9 Å². The summed E-state index contributed by atoms with van der Waals surface area (Å²) in [7, 11) is 0. The average molecular weight is 412 g/mol. The van der Waals surface area contributed by atoms with Crippen LogP contribution in [0.15, 0.2) is 54.8 Å². The van der Waals surface area contributed by atoms with E-state index in [1.807, 2.05) is 19.1 Å². The Morgan fingerprint density at radius 3 is 1.65 bits per heavy atom. The van der Waals surface area contributed by atoms with E-state index in [2.05, 4.69) is 13.8 Å². The van der Waals surface area contributed by atoms with Gasteiger partial charge in [-0.15, -0.1) is 0 Å². The van der Waals surface area contributed by atoms with Crippen molar-refractivity contribution in [3.8, 4) is 0 Å². The fraction of sp³-hybridized carbons (Fsp3) is 0.231. The van der Waals surface area contributed by atoms with Crippen molar-refractivity contribution in [2.75, 3.05) is 0 Å². The van der Waals surface area contributed by atoms with Gasteiger partial charge in [0.1, 0.15) is 22.3 Å². The summed E-state index contributed by atoms with van der Waals surface area (Å²) in [6.07, 6.45) is -0.189. The first-order chi connectivity index (χ1) is 14.9. The maximum atomic E-state index is 13.0. The molecule has 6 rings (SSSR count). The number of rotatable bonds is 3. The van der Waals surface area contributed by atoms with E-state index in [4.69, 9.17) is 8.83 Å². The Balaban J connectivity index is 1.92. The van der Waals surface area contributed by atoms with E-state index in [-0.39, 0.29) is 16.8 Å². The first kappa shape index (κ1) is 18.3. The molecule has 0 saturated carbocycles. The van der Waals surface area contributed by atoms with Crippen molar-refractivity contribution in [1.29, 1.82) is 0 Å². The summed E-state index contributed by atoms with van der Waals surface area (Å²) in [5, 5.41) is 14.4. The van der Waals surface area contributed by atoms with E-state index in [1.165, 1.54) is 12.1 Å². The molecule has 0 radical (unpaired) electrons. The van der Waals surface area contributed by atoms with Crippen LogP contribution in [0, 0.1) is 0 Å². The molecule has 1 N–H and O–H groups in total. The molecule has 0 aliphatic rings. The van der Waals surface area contributed by atoms with Gasteiger partial charge in [-0.25, -0.2) is 0 Å². The fourth-order valence-corrected chi connectivity index (χ4v) is 4.78. The first-order valence-electron chi connectivity index (χ1n) is 10.5. The molecule has 0 aliphatic carbocycles. The lowest BCUT2D eigenvalue weighted by Gasteiger charge is -2.17. The lowest BCUT2D eigenvalue weighted by molar-refractivity contribution is 0.174. The molecule has 5 heteroatoms. The highest BCUT2D eigenvalue weighted by atomic mass is 16.3. The molecule has 4 aromatic carbocycles. The zero-order valence-electron chi connectivity index (χ0n) is 17.4. The van der Waals surface area contributed by atoms with Crippen LogP contribution in [0.4, 0.5) is 0 Å². The SMILES string of the molecule is CCC(O)c1cc2oc3cc(=O)c4cc(C(C)C)cc5oc6cc(=O)c(c1)c2c6c3c54. The summed E-state index contributed by atoms with van der Waals surface area (Å²) in [5.41, 5.74) is 3.27. The van der Waals surface area contributed by atoms with Crippen molar-refractivity contribution >= 4 is 54.6 Å². The van der Waals surface area contributed by atoms with Crippen LogP contribution in [0.3, 0.4) is 0 Å².